The van der Waals surface area contributed by atoms with Crippen molar-refractivity contribution in [1.29, 1.82) is 0 Å². The molecule has 1 atom stereocenters. The molecule has 2 aromatic rings. The second-order valence-electron chi connectivity index (χ2n) is 6.30. The number of halogens is 2. The lowest BCUT2D eigenvalue weighted by Crippen LogP contribution is -2.52. The van der Waals surface area contributed by atoms with Crippen LogP contribution in [0.25, 0.3) is 0 Å². The zero-order chi connectivity index (χ0) is 18.6. The summed E-state index contributed by atoms with van der Waals surface area (Å²) >= 11 is 6.13. The molecule has 4 amide bonds. The number of nitrogens with zero attached hydrogens (tertiary/aromatic N) is 1. The maximum absolute atomic E-state index is 13.5. The maximum atomic E-state index is 13.5. The minimum absolute atomic E-state index is 0.0525. The van der Waals surface area contributed by atoms with Crippen LogP contribution in [-0.2, 0) is 21.7 Å². The summed E-state index contributed by atoms with van der Waals surface area (Å²) in [6, 6.07) is 8.26. The molecule has 2 aromatic carbocycles. The number of urea groups is 1. The van der Waals surface area contributed by atoms with Gasteiger partial charge in [-0.05, 0) is 42.3 Å². The van der Waals surface area contributed by atoms with E-state index in [0.717, 1.165) is 0 Å². The first kappa shape index (κ1) is 16.5. The Morgan fingerprint density at radius 3 is 2.62 bits per heavy atom. The average Bonchev–Trinajstić information content (AvgIpc) is 2.98. The summed E-state index contributed by atoms with van der Waals surface area (Å²) < 4.78 is 13.5. The van der Waals surface area contributed by atoms with Crippen LogP contribution in [0.1, 0.15) is 16.7 Å². The normalized spacial score (nSPS) is 21.2. The number of hydrogen-bond acceptors (Lipinski definition) is 3. The number of aryl methyl sites for hydroxylation is 1. The molecule has 1 fully saturated rings. The SMILES string of the molecule is Cc1cc(Cl)cc2c1N(Cc1cccc(F)c1)C(=O)C21NC(=O)NC1=O. The zero-order valence-corrected chi connectivity index (χ0v) is 14.4. The van der Waals surface area contributed by atoms with E-state index in [-0.39, 0.29) is 6.54 Å². The summed E-state index contributed by atoms with van der Waals surface area (Å²) in [6.07, 6.45) is 0. The van der Waals surface area contributed by atoms with E-state index in [0.29, 0.717) is 27.4 Å². The minimum atomic E-state index is -1.85. The monoisotopic (exact) mass is 373 g/mol. The number of hydrogen-bond donors (Lipinski definition) is 2. The second-order valence-corrected chi connectivity index (χ2v) is 6.73. The maximum Gasteiger partial charge on any atom is 0.323 e. The van der Waals surface area contributed by atoms with Crippen LogP contribution in [-0.4, -0.2) is 17.8 Å². The first-order valence-corrected chi connectivity index (χ1v) is 8.21. The molecule has 4 rings (SSSR count). The van der Waals surface area contributed by atoms with E-state index in [1.807, 2.05) is 0 Å². The van der Waals surface area contributed by atoms with Crippen molar-refractivity contribution in [2.24, 2.45) is 0 Å². The van der Waals surface area contributed by atoms with Crippen molar-refractivity contribution < 1.29 is 18.8 Å². The lowest BCUT2D eigenvalue weighted by atomic mass is 9.90. The zero-order valence-electron chi connectivity index (χ0n) is 13.6. The quantitative estimate of drug-likeness (QED) is 0.626. The molecule has 0 aromatic heterocycles. The van der Waals surface area contributed by atoms with Crippen molar-refractivity contribution in [3.8, 4) is 0 Å². The highest BCUT2D eigenvalue weighted by atomic mass is 35.5. The van der Waals surface area contributed by atoms with Crippen LogP contribution in [0.4, 0.5) is 14.9 Å². The van der Waals surface area contributed by atoms with Crippen molar-refractivity contribution in [3.63, 3.8) is 0 Å². The van der Waals surface area contributed by atoms with Crippen molar-refractivity contribution in [2.45, 2.75) is 19.0 Å². The van der Waals surface area contributed by atoms with E-state index in [1.54, 1.807) is 25.1 Å². The molecular weight excluding hydrogens is 361 g/mol. The van der Waals surface area contributed by atoms with Gasteiger partial charge in [0.2, 0.25) is 5.54 Å². The van der Waals surface area contributed by atoms with Gasteiger partial charge >= 0.3 is 6.03 Å². The van der Waals surface area contributed by atoms with Gasteiger partial charge in [0.25, 0.3) is 11.8 Å². The van der Waals surface area contributed by atoms with E-state index < -0.39 is 29.2 Å². The number of benzene rings is 2. The van der Waals surface area contributed by atoms with E-state index in [2.05, 4.69) is 10.6 Å². The van der Waals surface area contributed by atoms with Gasteiger partial charge in [-0.3, -0.25) is 14.9 Å². The fourth-order valence-corrected chi connectivity index (χ4v) is 3.84. The molecule has 0 saturated carbocycles. The molecule has 1 unspecified atom stereocenters. The lowest BCUT2D eigenvalue weighted by Gasteiger charge is -2.21. The molecule has 26 heavy (non-hydrogen) atoms. The van der Waals surface area contributed by atoms with Crippen molar-refractivity contribution in [3.05, 3.63) is 63.9 Å². The summed E-state index contributed by atoms with van der Waals surface area (Å²) in [5, 5.41) is 4.90. The Morgan fingerprint density at radius 2 is 1.96 bits per heavy atom. The third kappa shape index (κ3) is 2.20. The summed E-state index contributed by atoms with van der Waals surface area (Å²) in [7, 11) is 0. The lowest BCUT2D eigenvalue weighted by molar-refractivity contribution is -0.134. The summed E-state index contributed by atoms with van der Waals surface area (Å²) in [6.45, 7) is 1.81. The Bertz CT molecular complexity index is 994. The molecule has 1 saturated heterocycles. The van der Waals surface area contributed by atoms with E-state index in [4.69, 9.17) is 11.6 Å². The molecule has 2 aliphatic rings. The molecule has 132 valence electrons. The van der Waals surface area contributed by atoms with E-state index in [9.17, 15) is 18.8 Å². The highest BCUT2D eigenvalue weighted by molar-refractivity contribution is 6.32. The van der Waals surface area contributed by atoms with Gasteiger partial charge in [-0.1, -0.05) is 23.7 Å². The molecule has 8 heteroatoms. The van der Waals surface area contributed by atoms with Crippen LogP contribution < -0.4 is 15.5 Å². The summed E-state index contributed by atoms with van der Waals surface area (Å²) in [4.78, 5) is 38.8. The van der Waals surface area contributed by atoms with E-state index in [1.165, 1.54) is 23.1 Å². The molecule has 0 aliphatic carbocycles. The predicted octanol–water partition coefficient (Wildman–Crippen LogP) is 2.37. The van der Waals surface area contributed by atoms with Crippen molar-refractivity contribution in [2.75, 3.05) is 4.90 Å². The van der Waals surface area contributed by atoms with Crippen LogP contribution in [0, 0.1) is 12.7 Å². The number of carbonyl (C=O) groups is 3. The second kappa shape index (κ2) is 5.54. The molecule has 2 N–H and O–H groups in total. The summed E-state index contributed by atoms with van der Waals surface area (Å²) in [5.74, 6) is -1.79. The van der Waals surface area contributed by atoms with Gasteiger partial charge in [-0.2, -0.15) is 0 Å². The Balaban J connectivity index is 1.89. The number of rotatable bonds is 2. The van der Waals surface area contributed by atoms with Crippen LogP contribution in [0.2, 0.25) is 5.02 Å². The Morgan fingerprint density at radius 1 is 1.19 bits per heavy atom. The number of anilines is 1. The van der Waals surface area contributed by atoms with Gasteiger partial charge in [0.05, 0.1) is 12.2 Å². The third-order valence-electron chi connectivity index (χ3n) is 4.60. The third-order valence-corrected chi connectivity index (χ3v) is 4.82. The average molecular weight is 374 g/mol. The number of nitrogens with one attached hydrogen (secondary N) is 2. The predicted molar refractivity (Wildman–Crippen MR) is 92.1 cm³/mol. The van der Waals surface area contributed by atoms with Gasteiger partial charge in [-0.15, -0.1) is 0 Å². The highest BCUT2D eigenvalue weighted by Crippen LogP contribution is 2.45. The number of carbonyl (C=O) groups excluding carboxylic acids is 3. The minimum Gasteiger partial charge on any atom is -0.312 e. The van der Waals surface area contributed by atoms with Gasteiger partial charge < -0.3 is 10.2 Å². The molecule has 2 aliphatic heterocycles. The highest BCUT2D eigenvalue weighted by Gasteiger charge is 2.61. The van der Waals surface area contributed by atoms with Gasteiger partial charge in [0.1, 0.15) is 5.82 Å². The molecule has 0 radical (unpaired) electrons. The molecule has 6 nitrogen and oxygen atoms in total. The molecule has 2 heterocycles. The van der Waals surface area contributed by atoms with E-state index >= 15 is 0 Å². The van der Waals surface area contributed by atoms with Gasteiger partial charge in [0, 0.05) is 10.6 Å². The molecular formula is C18H13ClFN3O3. The van der Waals surface area contributed by atoms with Crippen molar-refractivity contribution in [1.82, 2.24) is 10.6 Å². The number of amides is 4. The van der Waals surface area contributed by atoms with Gasteiger partial charge in [0.15, 0.2) is 0 Å². The van der Waals surface area contributed by atoms with Crippen LogP contribution in [0.5, 0.6) is 0 Å². The Kier molecular flexibility index (Phi) is 3.52. The van der Waals surface area contributed by atoms with Crippen molar-refractivity contribution >= 4 is 35.1 Å². The van der Waals surface area contributed by atoms with Crippen LogP contribution in [0.15, 0.2) is 36.4 Å². The first-order chi connectivity index (χ1) is 12.3. The summed E-state index contributed by atoms with van der Waals surface area (Å²) in [5.41, 5.74) is 0.173. The number of fused-ring (bicyclic) bond motifs is 2. The van der Waals surface area contributed by atoms with Gasteiger partial charge in [-0.25, -0.2) is 9.18 Å². The number of imide groups is 1. The largest absolute Gasteiger partial charge is 0.323 e. The van der Waals surface area contributed by atoms with Crippen LogP contribution in [0.3, 0.4) is 0 Å². The smallest absolute Gasteiger partial charge is 0.312 e. The topological polar surface area (TPSA) is 78.5 Å². The molecule has 0 bridgehead atoms. The fraction of sp³-hybridized carbons (Fsp3) is 0.167. The first-order valence-electron chi connectivity index (χ1n) is 7.83. The Hall–Kier alpha value is -2.93. The standard InChI is InChI=1S/C18H13ClFN3O3/c1-9-5-11(19)7-13-14(9)23(8-10-3-2-4-12(20)6-10)16(25)18(13)15(24)21-17(26)22-18/h2-7H,8H2,1H3,(H2,21,22,24,26). The van der Waals surface area contributed by atoms with Crippen LogP contribution >= 0.6 is 11.6 Å². The fourth-order valence-electron chi connectivity index (χ4n) is 3.56. The molecule has 1 spiro atoms. The Labute approximate surface area is 152 Å².